The van der Waals surface area contributed by atoms with Crippen LogP contribution in [0.25, 0.3) is 0 Å². The Morgan fingerprint density at radius 3 is 2.61 bits per heavy atom. The zero-order valence-corrected chi connectivity index (χ0v) is 11.1. The highest BCUT2D eigenvalue weighted by Crippen LogP contribution is 2.14. The van der Waals surface area contributed by atoms with E-state index < -0.39 is 0 Å². The molecule has 4 nitrogen and oxygen atoms in total. The molecule has 1 aliphatic heterocycles. The van der Waals surface area contributed by atoms with Crippen molar-refractivity contribution >= 4 is 0 Å². The van der Waals surface area contributed by atoms with E-state index >= 15 is 0 Å². The Morgan fingerprint density at radius 2 is 1.89 bits per heavy atom. The number of hydrogen-bond donors (Lipinski definition) is 2. The summed E-state index contributed by atoms with van der Waals surface area (Å²) in [7, 11) is 2.17. The molecule has 1 aromatic carbocycles. The highest BCUT2D eigenvalue weighted by Gasteiger charge is 2.12. The lowest BCUT2D eigenvalue weighted by Crippen LogP contribution is -2.46. The van der Waals surface area contributed by atoms with Crippen LogP contribution in [0.5, 0.6) is 5.75 Å². The third-order valence-electron chi connectivity index (χ3n) is 3.51. The van der Waals surface area contributed by atoms with Gasteiger partial charge in [0.15, 0.2) is 0 Å². The number of piperazine rings is 1. The fourth-order valence-corrected chi connectivity index (χ4v) is 2.19. The Balaban J connectivity index is 1.63. The molecule has 0 radical (unpaired) electrons. The van der Waals surface area contributed by atoms with Crippen LogP contribution in [0, 0.1) is 0 Å². The lowest BCUT2D eigenvalue weighted by atomic mass is 10.2. The fourth-order valence-electron chi connectivity index (χ4n) is 2.19. The van der Waals surface area contributed by atoms with Gasteiger partial charge in [-0.2, -0.15) is 0 Å². The van der Waals surface area contributed by atoms with Gasteiger partial charge in [0.2, 0.25) is 0 Å². The first-order chi connectivity index (χ1) is 8.75. The Morgan fingerprint density at radius 1 is 1.17 bits per heavy atom. The third kappa shape index (κ3) is 3.98. The molecule has 4 heteroatoms. The molecule has 0 spiro atoms. The van der Waals surface area contributed by atoms with Crippen molar-refractivity contribution in [3.8, 4) is 5.75 Å². The molecule has 1 heterocycles. The van der Waals surface area contributed by atoms with Gasteiger partial charge < -0.3 is 15.3 Å². The van der Waals surface area contributed by atoms with Crippen LogP contribution in [0.3, 0.4) is 0 Å². The van der Waals surface area contributed by atoms with Gasteiger partial charge in [-0.15, -0.1) is 0 Å². The van der Waals surface area contributed by atoms with Crippen LogP contribution in [0.15, 0.2) is 24.3 Å². The largest absolute Gasteiger partial charge is 0.508 e. The molecule has 0 saturated carbocycles. The Hall–Kier alpha value is -1.10. The van der Waals surface area contributed by atoms with Crippen LogP contribution >= 0.6 is 0 Å². The first-order valence-electron chi connectivity index (χ1n) is 6.64. The number of nitrogens with zero attached hydrogens (tertiary/aromatic N) is 2. The molecular weight excluding hydrogens is 226 g/mol. The maximum absolute atomic E-state index is 9.63. The van der Waals surface area contributed by atoms with Crippen LogP contribution < -0.4 is 5.32 Å². The van der Waals surface area contributed by atoms with Crippen molar-refractivity contribution in [2.45, 2.75) is 6.54 Å². The number of rotatable bonds is 5. The minimum atomic E-state index is 0.379. The molecule has 0 bridgehead atoms. The molecule has 100 valence electrons. The van der Waals surface area contributed by atoms with Crippen molar-refractivity contribution in [2.75, 3.05) is 46.3 Å². The smallest absolute Gasteiger partial charge is 0.120 e. The topological polar surface area (TPSA) is 38.7 Å². The molecular formula is C14H23N3O. The van der Waals surface area contributed by atoms with E-state index in [1.165, 1.54) is 13.1 Å². The zero-order chi connectivity index (χ0) is 12.8. The summed E-state index contributed by atoms with van der Waals surface area (Å²) in [6, 6.07) is 7.50. The van der Waals surface area contributed by atoms with Crippen molar-refractivity contribution < 1.29 is 5.11 Å². The van der Waals surface area contributed by atoms with E-state index in [9.17, 15) is 5.11 Å². The van der Waals surface area contributed by atoms with Crippen molar-refractivity contribution in [3.05, 3.63) is 29.8 Å². The number of aromatic hydroxyl groups is 1. The van der Waals surface area contributed by atoms with E-state index in [1.807, 2.05) is 18.2 Å². The van der Waals surface area contributed by atoms with Crippen molar-refractivity contribution in [2.24, 2.45) is 0 Å². The van der Waals surface area contributed by atoms with Crippen LogP contribution in [-0.4, -0.2) is 61.2 Å². The average Bonchev–Trinajstić information content (AvgIpc) is 2.39. The number of phenolic OH excluding ortho intramolecular Hbond substituents is 1. The quantitative estimate of drug-likeness (QED) is 0.755. The summed E-state index contributed by atoms with van der Waals surface area (Å²) in [5.74, 6) is 0.379. The number of phenols is 1. The Labute approximate surface area is 109 Å². The number of benzene rings is 1. The van der Waals surface area contributed by atoms with Gasteiger partial charge in [0, 0.05) is 51.4 Å². The molecule has 0 atom stereocenters. The average molecular weight is 249 g/mol. The van der Waals surface area contributed by atoms with Gasteiger partial charge in [-0.05, 0) is 13.1 Å². The monoisotopic (exact) mass is 249 g/mol. The lowest BCUT2D eigenvalue weighted by molar-refractivity contribution is 0.154. The van der Waals surface area contributed by atoms with Crippen molar-refractivity contribution in [1.82, 2.24) is 15.1 Å². The van der Waals surface area contributed by atoms with Gasteiger partial charge in [-0.1, -0.05) is 18.2 Å². The van der Waals surface area contributed by atoms with Gasteiger partial charge in [0.25, 0.3) is 0 Å². The van der Waals surface area contributed by atoms with Gasteiger partial charge in [0.05, 0.1) is 0 Å². The summed E-state index contributed by atoms with van der Waals surface area (Å²) in [5, 5.41) is 13.0. The third-order valence-corrected chi connectivity index (χ3v) is 3.51. The van der Waals surface area contributed by atoms with Crippen LogP contribution in [0.4, 0.5) is 0 Å². The van der Waals surface area contributed by atoms with Gasteiger partial charge in [0.1, 0.15) is 5.75 Å². The lowest BCUT2D eigenvalue weighted by Gasteiger charge is -2.32. The molecule has 1 aliphatic rings. The standard InChI is InChI=1S/C14H23N3O/c1-16-8-10-17(11-9-16)7-6-15-12-13-4-2-3-5-14(13)18/h2-5,15,18H,6-12H2,1H3. The molecule has 0 unspecified atom stereocenters. The summed E-state index contributed by atoms with van der Waals surface area (Å²) >= 11 is 0. The predicted molar refractivity (Wildman–Crippen MR) is 73.8 cm³/mol. The van der Waals surface area contributed by atoms with Gasteiger partial charge in [-0.3, -0.25) is 4.90 Å². The van der Waals surface area contributed by atoms with Crippen molar-refractivity contribution in [3.63, 3.8) is 0 Å². The summed E-state index contributed by atoms with van der Waals surface area (Å²) in [6.45, 7) is 7.45. The Bertz CT molecular complexity index is 362. The number of likely N-dealkylation sites (N-methyl/N-ethyl adjacent to an activating group) is 1. The number of para-hydroxylation sites is 1. The predicted octanol–water partition coefficient (Wildman–Crippen LogP) is 0.729. The van der Waals surface area contributed by atoms with Crippen LogP contribution in [0.1, 0.15) is 5.56 Å². The van der Waals surface area contributed by atoms with Crippen molar-refractivity contribution in [1.29, 1.82) is 0 Å². The van der Waals surface area contributed by atoms with Crippen LogP contribution in [-0.2, 0) is 6.54 Å². The first-order valence-corrected chi connectivity index (χ1v) is 6.64. The number of nitrogens with one attached hydrogen (secondary N) is 1. The molecule has 2 rings (SSSR count). The number of hydrogen-bond acceptors (Lipinski definition) is 4. The van der Waals surface area contributed by atoms with E-state index in [0.29, 0.717) is 5.75 Å². The second-order valence-electron chi connectivity index (χ2n) is 4.95. The second kappa shape index (κ2) is 6.73. The van der Waals surface area contributed by atoms with E-state index in [-0.39, 0.29) is 0 Å². The SMILES string of the molecule is CN1CCN(CCNCc2ccccc2O)CC1. The molecule has 2 N–H and O–H groups in total. The summed E-state index contributed by atoms with van der Waals surface area (Å²) in [5.41, 5.74) is 0.968. The maximum Gasteiger partial charge on any atom is 0.120 e. The molecule has 1 saturated heterocycles. The molecule has 18 heavy (non-hydrogen) atoms. The van der Waals surface area contributed by atoms with E-state index in [4.69, 9.17) is 0 Å². The van der Waals surface area contributed by atoms with E-state index in [2.05, 4.69) is 22.2 Å². The molecule has 0 amide bonds. The van der Waals surface area contributed by atoms with Gasteiger partial charge >= 0.3 is 0 Å². The summed E-state index contributed by atoms with van der Waals surface area (Å²) in [4.78, 5) is 4.85. The maximum atomic E-state index is 9.63. The normalized spacial score (nSPS) is 18.1. The second-order valence-corrected chi connectivity index (χ2v) is 4.95. The highest BCUT2D eigenvalue weighted by atomic mass is 16.3. The fraction of sp³-hybridized carbons (Fsp3) is 0.571. The van der Waals surface area contributed by atoms with E-state index in [0.717, 1.165) is 38.3 Å². The Kier molecular flexibility index (Phi) is 4.99. The van der Waals surface area contributed by atoms with Crippen LogP contribution in [0.2, 0.25) is 0 Å². The zero-order valence-electron chi connectivity index (χ0n) is 11.1. The molecule has 0 aromatic heterocycles. The summed E-state index contributed by atoms with van der Waals surface area (Å²) < 4.78 is 0. The summed E-state index contributed by atoms with van der Waals surface area (Å²) in [6.07, 6.45) is 0. The molecule has 0 aliphatic carbocycles. The first kappa shape index (κ1) is 13.3. The molecule has 1 fully saturated rings. The van der Waals surface area contributed by atoms with Gasteiger partial charge in [-0.25, -0.2) is 0 Å². The molecule has 1 aromatic rings. The minimum absolute atomic E-state index is 0.379. The highest BCUT2D eigenvalue weighted by molar-refractivity contribution is 5.31. The minimum Gasteiger partial charge on any atom is -0.508 e. The van der Waals surface area contributed by atoms with E-state index in [1.54, 1.807) is 6.07 Å².